The highest BCUT2D eigenvalue weighted by Gasteiger charge is 2.56. The highest BCUT2D eigenvalue weighted by atomic mass is 31.2. The van der Waals surface area contributed by atoms with Gasteiger partial charge in [0.05, 0.1) is 26.4 Å². The van der Waals surface area contributed by atoms with E-state index in [2.05, 4.69) is 0 Å². The number of rotatable bonds is 13. The van der Waals surface area contributed by atoms with Crippen molar-refractivity contribution in [2.24, 2.45) is 0 Å². The number of carbonyl (C=O) groups excluding carboxylic acids is 1. The summed E-state index contributed by atoms with van der Waals surface area (Å²) in [6.45, 7) is 10.9. The van der Waals surface area contributed by atoms with Crippen molar-refractivity contribution in [2.75, 3.05) is 39.5 Å². The largest absolute Gasteiger partial charge is 0.355 e. The Morgan fingerprint density at radius 3 is 1.25 bits per heavy atom. The smallest absolute Gasteiger partial charge is 0.342 e. The third kappa shape index (κ3) is 5.94. The summed E-state index contributed by atoms with van der Waals surface area (Å²) in [5.74, 6) is -0.615. The highest BCUT2D eigenvalue weighted by Crippen LogP contribution is 2.70. The lowest BCUT2D eigenvalue weighted by molar-refractivity contribution is -0.129. The van der Waals surface area contributed by atoms with Crippen molar-refractivity contribution in [3.8, 4) is 0 Å². The molecule has 0 N–H and O–H groups in total. The van der Waals surface area contributed by atoms with E-state index >= 15 is 0 Å². The lowest BCUT2D eigenvalue weighted by Crippen LogP contribution is -2.40. The Bertz CT molecular complexity index is 418. The van der Waals surface area contributed by atoms with Gasteiger partial charge in [0.1, 0.15) is 0 Å². The molecule has 10 heteroatoms. The van der Waals surface area contributed by atoms with Crippen LogP contribution in [0.5, 0.6) is 0 Å². The van der Waals surface area contributed by atoms with Crippen LogP contribution in [0.25, 0.3) is 0 Å². The molecule has 0 rings (SSSR count). The number of amides is 1. The molecule has 144 valence electrons. The fourth-order valence-corrected chi connectivity index (χ4v) is 7.43. The summed E-state index contributed by atoms with van der Waals surface area (Å²) < 4.78 is 47.7. The zero-order valence-electron chi connectivity index (χ0n) is 15.5. The lowest BCUT2D eigenvalue weighted by atomic mass is 10.5. The second kappa shape index (κ2) is 11.4. The molecule has 0 fully saturated rings. The molecule has 1 amide bonds. The molecule has 0 aromatic carbocycles. The van der Waals surface area contributed by atoms with Gasteiger partial charge in [-0.3, -0.25) is 13.9 Å². The Balaban J connectivity index is 6.20. The van der Waals surface area contributed by atoms with E-state index in [4.69, 9.17) is 18.1 Å². The van der Waals surface area contributed by atoms with Crippen LogP contribution in [-0.2, 0) is 32.0 Å². The van der Waals surface area contributed by atoms with Crippen molar-refractivity contribution in [3.63, 3.8) is 0 Å². The lowest BCUT2D eigenvalue weighted by Gasteiger charge is -2.33. The Labute approximate surface area is 145 Å². The molecule has 0 aromatic rings. The summed E-state index contributed by atoms with van der Waals surface area (Å²) in [6, 6.07) is 0. The van der Waals surface area contributed by atoms with E-state index in [1.807, 2.05) is 0 Å². The number of hydrogen-bond donors (Lipinski definition) is 0. The van der Waals surface area contributed by atoms with E-state index in [0.717, 1.165) is 0 Å². The van der Waals surface area contributed by atoms with Crippen LogP contribution in [0.3, 0.4) is 0 Å². The predicted octanol–water partition coefficient (Wildman–Crippen LogP) is 3.71. The Kier molecular flexibility index (Phi) is 11.3. The van der Waals surface area contributed by atoms with E-state index in [1.165, 1.54) is 4.90 Å². The van der Waals surface area contributed by atoms with E-state index in [0.29, 0.717) is 13.1 Å². The first-order chi connectivity index (χ1) is 11.3. The maximum atomic E-state index is 13.3. The van der Waals surface area contributed by atoms with E-state index in [-0.39, 0.29) is 26.4 Å². The molecule has 0 aliphatic heterocycles. The van der Waals surface area contributed by atoms with Crippen LogP contribution in [0, 0.1) is 0 Å². The molecular weight excluding hydrogens is 356 g/mol. The Morgan fingerprint density at radius 2 is 1.04 bits per heavy atom. The molecule has 0 aliphatic carbocycles. The van der Waals surface area contributed by atoms with Crippen LogP contribution in [0.4, 0.5) is 0 Å². The second-order valence-corrected chi connectivity index (χ2v) is 9.27. The summed E-state index contributed by atoms with van der Waals surface area (Å²) >= 11 is 0. The molecule has 0 radical (unpaired) electrons. The van der Waals surface area contributed by atoms with Gasteiger partial charge in [0.15, 0.2) is 0 Å². The number of hydrogen-bond acceptors (Lipinski definition) is 7. The zero-order valence-corrected chi connectivity index (χ0v) is 17.3. The summed E-state index contributed by atoms with van der Waals surface area (Å²) in [7, 11) is -8.10. The van der Waals surface area contributed by atoms with Gasteiger partial charge in [-0.1, -0.05) is 0 Å². The van der Waals surface area contributed by atoms with Crippen LogP contribution < -0.4 is 0 Å². The molecule has 0 bridgehead atoms. The van der Waals surface area contributed by atoms with E-state index in [9.17, 15) is 13.9 Å². The fourth-order valence-electron chi connectivity index (χ4n) is 2.22. The minimum absolute atomic E-state index is 0.0392. The molecule has 0 saturated heterocycles. The van der Waals surface area contributed by atoms with Crippen molar-refractivity contribution in [3.05, 3.63) is 0 Å². The predicted molar refractivity (Wildman–Crippen MR) is 93.4 cm³/mol. The van der Waals surface area contributed by atoms with Crippen LogP contribution in [0.15, 0.2) is 0 Å². The fraction of sp³-hybridized carbons (Fsp3) is 0.929. The van der Waals surface area contributed by atoms with Gasteiger partial charge in [0.25, 0.3) is 0 Å². The van der Waals surface area contributed by atoms with Gasteiger partial charge < -0.3 is 23.0 Å². The van der Waals surface area contributed by atoms with Gasteiger partial charge in [-0.05, 0) is 41.5 Å². The summed E-state index contributed by atoms with van der Waals surface area (Å²) in [6.07, 6.45) is 0. The molecule has 0 atom stereocenters. The first-order valence-electron chi connectivity index (χ1n) is 8.36. The van der Waals surface area contributed by atoms with Crippen LogP contribution >= 0.6 is 15.2 Å². The minimum Gasteiger partial charge on any atom is -0.342 e. The van der Waals surface area contributed by atoms with Gasteiger partial charge in [0.2, 0.25) is 11.3 Å². The molecule has 0 aromatic heterocycles. The molecule has 24 heavy (non-hydrogen) atoms. The van der Waals surface area contributed by atoms with Crippen molar-refractivity contribution in [1.82, 2.24) is 4.90 Å². The summed E-state index contributed by atoms with van der Waals surface area (Å²) in [5, 5.41) is -1.63. The van der Waals surface area contributed by atoms with Gasteiger partial charge in [0, 0.05) is 13.1 Å². The van der Waals surface area contributed by atoms with Crippen molar-refractivity contribution in [2.45, 2.75) is 46.9 Å². The molecule has 0 unspecified atom stereocenters. The van der Waals surface area contributed by atoms with Gasteiger partial charge in [-0.2, -0.15) is 0 Å². The average Bonchev–Trinajstić information content (AvgIpc) is 2.49. The van der Waals surface area contributed by atoms with Crippen molar-refractivity contribution in [1.29, 1.82) is 0 Å². The molecular formula is C14H31NO7P2. The van der Waals surface area contributed by atoms with Gasteiger partial charge in [-0.25, -0.2) is 0 Å². The SMILES string of the molecule is CCOP(=O)(OCC)C(C(=O)N(CC)CC)P(=O)(OCC)OCC. The molecule has 0 heterocycles. The van der Waals surface area contributed by atoms with Gasteiger partial charge >= 0.3 is 15.2 Å². The standard InChI is InChI=1S/C14H31NO7P2/c1-7-15(8-2)13(16)14(23(17,19-9-3)20-10-4)24(18,21-11-5)22-12-6/h14H,7-12H2,1-6H3. The topological polar surface area (TPSA) is 91.4 Å². The number of nitrogens with zero attached hydrogens (tertiary/aromatic N) is 1. The molecule has 8 nitrogen and oxygen atoms in total. The normalized spacial score (nSPS) is 12.6. The molecule has 0 saturated carbocycles. The quantitative estimate of drug-likeness (QED) is 0.445. The third-order valence-corrected chi connectivity index (χ3v) is 8.94. The maximum absolute atomic E-state index is 13.3. The monoisotopic (exact) mass is 387 g/mol. The summed E-state index contributed by atoms with van der Waals surface area (Å²) in [4.78, 5) is 14.4. The first-order valence-corrected chi connectivity index (χ1v) is 11.6. The van der Waals surface area contributed by atoms with Crippen LogP contribution in [0.2, 0.25) is 0 Å². The van der Waals surface area contributed by atoms with E-state index in [1.54, 1.807) is 41.5 Å². The molecule has 0 aliphatic rings. The Hall–Kier alpha value is -0.230. The van der Waals surface area contributed by atoms with Crippen molar-refractivity contribution < 1.29 is 32.0 Å². The average molecular weight is 387 g/mol. The first kappa shape index (κ1) is 23.8. The third-order valence-electron chi connectivity index (χ3n) is 3.13. The van der Waals surface area contributed by atoms with E-state index < -0.39 is 26.5 Å². The van der Waals surface area contributed by atoms with Gasteiger partial charge in [-0.15, -0.1) is 0 Å². The zero-order chi connectivity index (χ0) is 18.8. The Morgan fingerprint density at radius 1 is 0.750 bits per heavy atom. The van der Waals surface area contributed by atoms with Crippen LogP contribution in [0.1, 0.15) is 41.5 Å². The second-order valence-electron chi connectivity index (χ2n) is 4.63. The molecule has 0 spiro atoms. The maximum Gasteiger partial charge on any atom is 0.355 e. The minimum atomic E-state index is -4.05. The highest BCUT2D eigenvalue weighted by molar-refractivity contribution is 7.74. The van der Waals surface area contributed by atoms with Crippen molar-refractivity contribution >= 4 is 21.1 Å². The summed E-state index contributed by atoms with van der Waals surface area (Å²) in [5.41, 5.74) is 0. The van der Waals surface area contributed by atoms with Crippen LogP contribution in [-0.4, -0.2) is 55.7 Å². The number of carbonyl (C=O) groups is 1.